The summed E-state index contributed by atoms with van der Waals surface area (Å²) >= 11 is 0. The summed E-state index contributed by atoms with van der Waals surface area (Å²) in [5, 5.41) is 2.35. The number of urea groups is 1. The number of nitrogens with one attached hydrogen (secondary N) is 1. The maximum Gasteiger partial charge on any atom is 0.331 e. The van der Waals surface area contributed by atoms with Gasteiger partial charge in [-0.15, -0.1) is 0 Å². The number of carbonyl (C=O) groups excluding carboxylic acids is 3. The van der Waals surface area contributed by atoms with Gasteiger partial charge in [-0.3, -0.25) is 19.8 Å². The average Bonchev–Trinajstić information content (AvgIpc) is 2.26. The van der Waals surface area contributed by atoms with Crippen LogP contribution in [-0.4, -0.2) is 41.5 Å². The summed E-state index contributed by atoms with van der Waals surface area (Å²) in [6, 6.07) is -0.597. The quantitative estimate of drug-likeness (QED) is 0.712. The van der Waals surface area contributed by atoms with Crippen LogP contribution in [0.2, 0.25) is 0 Å². The van der Waals surface area contributed by atoms with Gasteiger partial charge < -0.3 is 4.74 Å². The van der Waals surface area contributed by atoms with Crippen LogP contribution in [0, 0.1) is 5.41 Å². The summed E-state index contributed by atoms with van der Waals surface area (Å²) < 4.78 is 5.42. The highest BCUT2D eigenvalue weighted by Crippen LogP contribution is 2.46. The van der Waals surface area contributed by atoms with Gasteiger partial charge in [0.2, 0.25) is 11.8 Å². The number of barbiturate groups is 1. The van der Waals surface area contributed by atoms with Crippen molar-refractivity contribution >= 4 is 17.8 Å². The van der Waals surface area contributed by atoms with Gasteiger partial charge in [-0.1, -0.05) is 6.42 Å². The van der Waals surface area contributed by atoms with Gasteiger partial charge in [-0.25, -0.2) is 4.79 Å². The lowest BCUT2D eigenvalue weighted by Crippen LogP contribution is -2.71. The summed E-state index contributed by atoms with van der Waals surface area (Å²) in [7, 11) is 0. The molecule has 1 aliphatic carbocycles. The van der Waals surface area contributed by atoms with E-state index in [1.807, 2.05) is 6.92 Å². The van der Waals surface area contributed by atoms with Crippen LogP contribution in [-0.2, 0) is 14.3 Å². The van der Waals surface area contributed by atoms with Crippen molar-refractivity contribution in [1.82, 2.24) is 10.2 Å². The molecule has 1 atom stereocenters. The third-order valence-electron chi connectivity index (χ3n) is 4.63. The van der Waals surface area contributed by atoms with Gasteiger partial charge in [0.05, 0.1) is 12.1 Å². The molecule has 4 amide bonds. The van der Waals surface area contributed by atoms with Gasteiger partial charge in [0.15, 0.2) is 0 Å². The molecule has 0 aromatic carbocycles. The lowest BCUT2D eigenvalue weighted by molar-refractivity contribution is -0.164. The molecule has 0 aromatic heterocycles. The molecule has 3 fully saturated rings. The Bertz CT molecular complexity index is 450. The number of carbonyl (C=O) groups is 3. The van der Waals surface area contributed by atoms with Crippen LogP contribution in [0.3, 0.4) is 0 Å². The molecule has 0 radical (unpaired) electrons. The van der Waals surface area contributed by atoms with Crippen molar-refractivity contribution < 1.29 is 19.1 Å². The number of hydrogen-bond acceptors (Lipinski definition) is 4. The van der Waals surface area contributed by atoms with E-state index in [2.05, 4.69) is 5.32 Å². The second-order valence-corrected chi connectivity index (χ2v) is 5.99. The lowest BCUT2D eigenvalue weighted by Gasteiger charge is -2.51. The van der Waals surface area contributed by atoms with Crippen LogP contribution in [0.5, 0.6) is 0 Å². The van der Waals surface area contributed by atoms with Gasteiger partial charge in [0.25, 0.3) is 0 Å². The smallest absolute Gasteiger partial charge is 0.331 e. The molecule has 19 heavy (non-hydrogen) atoms. The van der Waals surface area contributed by atoms with Crippen molar-refractivity contribution in [3.05, 3.63) is 0 Å². The fourth-order valence-corrected chi connectivity index (χ4v) is 3.23. The lowest BCUT2D eigenvalue weighted by atomic mass is 9.65. The second-order valence-electron chi connectivity index (χ2n) is 5.99. The van der Waals surface area contributed by atoms with Crippen LogP contribution in [0.15, 0.2) is 0 Å². The zero-order valence-corrected chi connectivity index (χ0v) is 11.0. The highest BCUT2D eigenvalue weighted by Gasteiger charge is 2.60. The number of imide groups is 2. The topological polar surface area (TPSA) is 75.7 Å². The molecule has 0 bridgehead atoms. The number of amides is 4. The third kappa shape index (κ3) is 1.62. The van der Waals surface area contributed by atoms with Crippen molar-refractivity contribution in [2.45, 2.75) is 44.6 Å². The highest BCUT2D eigenvalue weighted by atomic mass is 16.5. The zero-order valence-electron chi connectivity index (χ0n) is 11.0. The van der Waals surface area contributed by atoms with E-state index in [1.54, 1.807) is 0 Å². The molecule has 0 aromatic rings. The van der Waals surface area contributed by atoms with Gasteiger partial charge >= 0.3 is 6.03 Å². The molecule has 2 heterocycles. The van der Waals surface area contributed by atoms with Crippen molar-refractivity contribution in [3.63, 3.8) is 0 Å². The standard InChI is InChI=1S/C13H18N2O4/c1-12(4-3-7-19-8-12)15-10(17)13(5-2-6-13)9(16)14-11(15)18/h2-8H2,1H3,(H,14,16,18). The predicted octanol–water partition coefficient (Wildman–Crippen LogP) is 0.804. The minimum Gasteiger partial charge on any atom is -0.379 e. The molecule has 6 nitrogen and oxygen atoms in total. The first-order chi connectivity index (χ1) is 9.00. The molecule has 1 N–H and O–H groups in total. The summed E-state index contributed by atoms with van der Waals surface area (Å²) in [5.41, 5.74) is -1.63. The van der Waals surface area contributed by atoms with Crippen LogP contribution >= 0.6 is 0 Å². The van der Waals surface area contributed by atoms with Crippen LogP contribution in [0.1, 0.15) is 39.0 Å². The van der Waals surface area contributed by atoms with E-state index in [9.17, 15) is 14.4 Å². The molecule has 3 rings (SSSR count). The van der Waals surface area contributed by atoms with Crippen molar-refractivity contribution in [1.29, 1.82) is 0 Å². The summed E-state index contributed by atoms with van der Waals surface area (Å²) in [6.07, 6.45) is 3.47. The Kier molecular flexibility index (Phi) is 2.67. The van der Waals surface area contributed by atoms with E-state index in [0.29, 0.717) is 26.1 Å². The maximum absolute atomic E-state index is 12.6. The van der Waals surface area contributed by atoms with E-state index < -0.39 is 22.9 Å². The highest BCUT2D eigenvalue weighted by molar-refractivity contribution is 6.20. The first-order valence-corrected chi connectivity index (χ1v) is 6.77. The normalized spacial score (nSPS) is 34.2. The minimum atomic E-state index is -0.992. The number of hydrogen-bond donors (Lipinski definition) is 1. The fourth-order valence-electron chi connectivity index (χ4n) is 3.23. The Morgan fingerprint density at radius 3 is 2.42 bits per heavy atom. The molecule has 1 saturated carbocycles. The van der Waals surface area contributed by atoms with Crippen molar-refractivity contribution in [3.8, 4) is 0 Å². The predicted molar refractivity (Wildman–Crippen MR) is 65.1 cm³/mol. The third-order valence-corrected chi connectivity index (χ3v) is 4.63. The molecule has 2 saturated heterocycles. The first-order valence-electron chi connectivity index (χ1n) is 6.77. The Balaban J connectivity index is 1.93. The van der Waals surface area contributed by atoms with Gasteiger partial charge in [0.1, 0.15) is 5.41 Å². The number of rotatable bonds is 1. The molecular weight excluding hydrogens is 248 g/mol. The van der Waals surface area contributed by atoms with Gasteiger partial charge in [-0.05, 0) is 32.6 Å². The van der Waals surface area contributed by atoms with Crippen LogP contribution in [0.4, 0.5) is 4.79 Å². The summed E-state index contributed by atoms with van der Waals surface area (Å²) in [5.74, 6) is -0.758. The zero-order chi connectivity index (χ0) is 13.7. The summed E-state index contributed by atoms with van der Waals surface area (Å²) in [6.45, 7) is 2.85. The number of nitrogens with zero attached hydrogens (tertiary/aromatic N) is 1. The minimum absolute atomic E-state index is 0.333. The molecular formula is C13H18N2O4. The molecule has 3 aliphatic rings. The Morgan fingerprint density at radius 2 is 1.89 bits per heavy atom. The maximum atomic E-state index is 12.6. The van der Waals surface area contributed by atoms with Crippen LogP contribution in [0.25, 0.3) is 0 Å². The van der Waals surface area contributed by atoms with Gasteiger partial charge in [-0.2, -0.15) is 0 Å². The second kappa shape index (κ2) is 4.03. The first kappa shape index (κ1) is 12.6. The SMILES string of the molecule is CC1(N2C(=O)NC(=O)C3(CCC3)C2=O)CCCOC1. The number of ether oxygens (including phenoxy) is 1. The Morgan fingerprint density at radius 1 is 1.16 bits per heavy atom. The molecule has 104 valence electrons. The monoisotopic (exact) mass is 266 g/mol. The Hall–Kier alpha value is -1.43. The van der Waals surface area contributed by atoms with E-state index in [-0.39, 0.29) is 5.91 Å². The van der Waals surface area contributed by atoms with Gasteiger partial charge in [0, 0.05) is 6.61 Å². The van der Waals surface area contributed by atoms with Crippen LogP contribution < -0.4 is 5.32 Å². The largest absolute Gasteiger partial charge is 0.379 e. The van der Waals surface area contributed by atoms with E-state index in [1.165, 1.54) is 4.90 Å². The van der Waals surface area contributed by atoms with E-state index in [0.717, 1.165) is 19.3 Å². The molecule has 1 spiro atoms. The average molecular weight is 266 g/mol. The van der Waals surface area contributed by atoms with Crippen molar-refractivity contribution in [2.75, 3.05) is 13.2 Å². The van der Waals surface area contributed by atoms with E-state index >= 15 is 0 Å². The molecule has 2 aliphatic heterocycles. The molecule has 6 heteroatoms. The van der Waals surface area contributed by atoms with E-state index in [4.69, 9.17) is 4.74 Å². The molecule has 1 unspecified atom stereocenters. The summed E-state index contributed by atoms with van der Waals surface area (Å²) in [4.78, 5) is 37.9. The Labute approximate surface area is 111 Å². The fraction of sp³-hybridized carbons (Fsp3) is 0.769. The van der Waals surface area contributed by atoms with Crippen molar-refractivity contribution in [2.24, 2.45) is 5.41 Å².